The van der Waals surface area contributed by atoms with Gasteiger partial charge in [-0.05, 0) is 57.2 Å². The maximum Gasteiger partial charge on any atom is 0.373 e. The lowest BCUT2D eigenvalue weighted by molar-refractivity contribution is 0.0552. The van der Waals surface area contributed by atoms with E-state index in [1.165, 1.54) is 32.8 Å². The lowest BCUT2D eigenvalue weighted by Gasteiger charge is -2.40. The van der Waals surface area contributed by atoms with E-state index in [0.717, 1.165) is 5.76 Å². The summed E-state index contributed by atoms with van der Waals surface area (Å²) in [6.07, 6.45) is 4.97. The highest BCUT2D eigenvalue weighted by molar-refractivity contribution is 5.86. The van der Waals surface area contributed by atoms with E-state index >= 15 is 0 Å². The van der Waals surface area contributed by atoms with E-state index < -0.39 is 5.97 Å². The summed E-state index contributed by atoms with van der Waals surface area (Å²) in [6, 6.07) is 4.31. The molecule has 1 saturated carbocycles. The summed E-state index contributed by atoms with van der Waals surface area (Å²) in [7, 11) is 3.51. The average molecular weight is 293 g/mol. The van der Waals surface area contributed by atoms with Crippen molar-refractivity contribution in [2.75, 3.05) is 14.2 Å². The van der Waals surface area contributed by atoms with Gasteiger partial charge in [0.2, 0.25) is 5.76 Å². The number of carbonyl (C=O) groups is 1. The van der Waals surface area contributed by atoms with Crippen molar-refractivity contribution in [1.82, 2.24) is 4.90 Å². The van der Waals surface area contributed by atoms with E-state index in [1.807, 2.05) is 6.07 Å². The Balaban J connectivity index is 2.01. The molecule has 1 aromatic heterocycles. The number of furan rings is 1. The fourth-order valence-electron chi connectivity index (χ4n) is 3.10. The molecule has 1 aliphatic carbocycles. The van der Waals surface area contributed by atoms with E-state index in [-0.39, 0.29) is 11.8 Å². The van der Waals surface area contributed by atoms with Gasteiger partial charge in [0.15, 0.2) is 0 Å². The van der Waals surface area contributed by atoms with Gasteiger partial charge in [0.1, 0.15) is 5.76 Å². The summed E-state index contributed by atoms with van der Waals surface area (Å²) < 4.78 is 10.3. The number of esters is 1. The molecule has 1 unspecified atom stereocenters. The molecule has 1 heterocycles. The van der Waals surface area contributed by atoms with Crippen LogP contribution < -0.4 is 0 Å². The van der Waals surface area contributed by atoms with E-state index in [1.54, 1.807) is 6.07 Å². The van der Waals surface area contributed by atoms with Gasteiger partial charge in [0.25, 0.3) is 0 Å². The smallest absolute Gasteiger partial charge is 0.373 e. The van der Waals surface area contributed by atoms with Gasteiger partial charge in [-0.2, -0.15) is 0 Å². The van der Waals surface area contributed by atoms with Gasteiger partial charge in [-0.25, -0.2) is 4.79 Å². The van der Waals surface area contributed by atoms with Crippen LogP contribution in [0.3, 0.4) is 0 Å². The van der Waals surface area contributed by atoms with Gasteiger partial charge >= 0.3 is 5.97 Å². The molecule has 0 amide bonds. The number of nitrogens with zero attached hydrogens (tertiary/aromatic N) is 1. The molecule has 4 nitrogen and oxygen atoms in total. The molecule has 2 rings (SSSR count). The maximum absolute atomic E-state index is 11.5. The van der Waals surface area contributed by atoms with Gasteiger partial charge in [-0.15, -0.1) is 0 Å². The molecule has 0 aromatic carbocycles. The van der Waals surface area contributed by atoms with Gasteiger partial charge in [0, 0.05) is 6.04 Å². The molecule has 118 valence electrons. The molecule has 1 fully saturated rings. The zero-order valence-corrected chi connectivity index (χ0v) is 13.8. The molecule has 1 aromatic rings. The maximum atomic E-state index is 11.5. The largest absolute Gasteiger partial charge is 0.463 e. The number of hydrogen-bond acceptors (Lipinski definition) is 4. The minimum Gasteiger partial charge on any atom is -0.463 e. The predicted octanol–water partition coefficient (Wildman–Crippen LogP) is 4.03. The van der Waals surface area contributed by atoms with Crippen LogP contribution in [0.5, 0.6) is 0 Å². The Kier molecular flexibility index (Phi) is 4.77. The zero-order valence-electron chi connectivity index (χ0n) is 13.8. The summed E-state index contributed by atoms with van der Waals surface area (Å²) >= 11 is 0. The Morgan fingerprint density at radius 2 is 2.00 bits per heavy atom. The minimum absolute atomic E-state index is 0.162. The second-order valence-electron chi connectivity index (χ2n) is 6.93. The summed E-state index contributed by atoms with van der Waals surface area (Å²) in [4.78, 5) is 13.8. The fourth-order valence-corrected chi connectivity index (χ4v) is 3.10. The topological polar surface area (TPSA) is 42.7 Å². The van der Waals surface area contributed by atoms with Crippen LogP contribution in [0.4, 0.5) is 0 Å². The minimum atomic E-state index is -0.421. The zero-order chi connectivity index (χ0) is 15.6. The van der Waals surface area contributed by atoms with Gasteiger partial charge < -0.3 is 9.15 Å². The summed E-state index contributed by atoms with van der Waals surface area (Å²) in [5.41, 5.74) is 0.476. The molecular formula is C17H27NO3. The van der Waals surface area contributed by atoms with Gasteiger partial charge in [0.05, 0.1) is 13.2 Å². The van der Waals surface area contributed by atoms with E-state index in [4.69, 9.17) is 4.42 Å². The first kappa shape index (κ1) is 16.1. The Morgan fingerprint density at radius 3 is 2.57 bits per heavy atom. The quantitative estimate of drug-likeness (QED) is 0.786. The second kappa shape index (κ2) is 6.22. The number of methoxy groups -OCH3 is 1. The normalized spacial score (nSPS) is 20.5. The van der Waals surface area contributed by atoms with Crippen LogP contribution in [0, 0.1) is 5.41 Å². The molecule has 0 radical (unpaired) electrons. The van der Waals surface area contributed by atoms with Crippen molar-refractivity contribution in [3.8, 4) is 0 Å². The van der Waals surface area contributed by atoms with Crippen LogP contribution >= 0.6 is 0 Å². The third kappa shape index (κ3) is 3.67. The van der Waals surface area contributed by atoms with Gasteiger partial charge in [-0.3, -0.25) is 4.90 Å². The number of ether oxygens (including phenoxy) is 1. The molecule has 0 spiro atoms. The van der Waals surface area contributed by atoms with E-state index in [0.29, 0.717) is 11.5 Å². The predicted molar refractivity (Wildman–Crippen MR) is 82.3 cm³/mol. The second-order valence-corrected chi connectivity index (χ2v) is 6.93. The van der Waals surface area contributed by atoms with Crippen molar-refractivity contribution >= 4 is 5.97 Å². The summed E-state index contributed by atoms with van der Waals surface area (Å²) in [6.45, 7) is 6.82. The number of rotatable bonds is 4. The molecule has 0 bridgehead atoms. The average Bonchev–Trinajstić information content (AvgIpc) is 2.94. The highest BCUT2D eigenvalue weighted by atomic mass is 16.5. The molecule has 1 atom stereocenters. The van der Waals surface area contributed by atoms with Crippen LogP contribution in [0.25, 0.3) is 0 Å². The standard InChI is InChI=1S/C17H27NO3/c1-12(14-6-7-15(21-14)16(19)20-5)18(4)13-8-10-17(2,3)11-9-13/h6-7,12-13H,8-11H2,1-5H3. The first-order valence-corrected chi connectivity index (χ1v) is 7.74. The SMILES string of the molecule is COC(=O)c1ccc(C(C)N(C)C2CCC(C)(C)CC2)o1. The fraction of sp³-hybridized carbons (Fsp3) is 0.706. The molecule has 21 heavy (non-hydrogen) atoms. The van der Waals surface area contributed by atoms with E-state index in [9.17, 15) is 4.79 Å². The highest BCUT2D eigenvalue weighted by Gasteiger charge is 2.31. The van der Waals surface area contributed by atoms with Crippen LogP contribution in [-0.2, 0) is 4.74 Å². The highest BCUT2D eigenvalue weighted by Crippen LogP contribution is 2.38. The summed E-state index contributed by atoms with van der Waals surface area (Å²) in [5, 5.41) is 0. The molecule has 4 heteroatoms. The van der Waals surface area contributed by atoms with E-state index in [2.05, 4.69) is 37.5 Å². The third-order valence-electron chi connectivity index (χ3n) is 4.92. The van der Waals surface area contributed by atoms with Crippen molar-refractivity contribution < 1.29 is 13.9 Å². The number of hydrogen-bond donors (Lipinski definition) is 0. The Labute approximate surface area is 127 Å². The Morgan fingerprint density at radius 1 is 1.38 bits per heavy atom. The monoisotopic (exact) mass is 293 g/mol. The lowest BCUT2D eigenvalue weighted by Crippen LogP contribution is -2.38. The Hall–Kier alpha value is -1.29. The molecular weight excluding hydrogens is 266 g/mol. The third-order valence-corrected chi connectivity index (χ3v) is 4.92. The lowest BCUT2D eigenvalue weighted by atomic mass is 9.75. The summed E-state index contributed by atoms with van der Waals surface area (Å²) in [5.74, 6) is 0.677. The van der Waals surface area contributed by atoms with Crippen molar-refractivity contribution in [2.45, 2.75) is 58.5 Å². The van der Waals surface area contributed by atoms with Gasteiger partial charge in [-0.1, -0.05) is 13.8 Å². The van der Waals surface area contributed by atoms with Crippen molar-refractivity contribution in [3.63, 3.8) is 0 Å². The van der Waals surface area contributed by atoms with Crippen molar-refractivity contribution in [1.29, 1.82) is 0 Å². The van der Waals surface area contributed by atoms with Crippen LogP contribution in [0.2, 0.25) is 0 Å². The van der Waals surface area contributed by atoms with Crippen LogP contribution in [-0.4, -0.2) is 31.1 Å². The van der Waals surface area contributed by atoms with Crippen LogP contribution in [0.15, 0.2) is 16.5 Å². The first-order valence-electron chi connectivity index (χ1n) is 7.74. The molecule has 0 saturated heterocycles. The molecule has 0 aliphatic heterocycles. The van der Waals surface area contributed by atoms with Crippen LogP contribution in [0.1, 0.15) is 68.8 Å². The Bertz CT molecular complexity index is 482. The first-order chi connectivity index (χ1) is 9.84. The number of carbonyl (C=O) groups excluding carboxylic acids is 1. The molecule has 0 N–H and O–H groups in total. The van der Waals surface area contributed by atoms with Crippen molar-refractivity contribution in [3.05, 3.63) is 23.7 Å². The molecule has 1 aliphatic rings. The van der Waals surface area contributed by atoms with Crippen molar-refractivity contribution in [2.24, 2.45) is 5.41 Å².